The molecule has 118 valence electrons. The molecule has 0 aromatic carbocycles. The maximum atomic E-state index is 12.2. The molecule has 0 amide bonds. The molecular weight excluding hydrogens is 296 g/mol. The Kier molecular flexibility index (Phi) is 4.18. The lowest BCUT2D eigenvalue weighted by Crippen LogP contribution is -2.13. The highest BCUT2D eigenvalue weighted by molar-refractivity contribution is 5.92. The highest BCUT2D eigenvalue weighted by atomic mass is 16.5. The van der Waals surface area contributed by atoms with Crippen LogP contribution in [0, 0.1) is 0 Å². The summed E-state index contributed by atoms with van der Waals surface area (Å²) in [6.07, 6.45) is 6.79. The Hall–Kier alpha value is -2.96. The van der Waals surface area contributed by atoms with Crippen LogP contribution in [0.3, 0.4) is 0 Å². The molecule has 0 atom stereocenters. The lowest BCUT2D eigenvalue weighted by Gasteiger charge is -2.04. The zero-order chi connectivity index (χ0) is 16.2. The number of aromatic nitrogens is 4. The van der Waals surface area contributed by atoms with E-state index in [1.54, 1.807) is 23.9 Å². The van der Waals surface area contributed by atoms with Gasteiger partial charge in [-0.05, 0) is 13.0 Å². The fourth-order valence-corrected chi connectivity index (χ4v) is 2.49. The van der Waals surface area contributed by atoms with Gasteiger partial charge in [-0.25, -0.2) is 4.98 Å². The molecule has 0 aliphatic rings. The number of nitrogens with zero attached hydrogens (tertiary/aromatic N) is 3. The quantitative estimate of drug-likeness (QED) is 0.725. The molecule has 0 aliphatic carbocycles. The second-order valence-electron chi connectivity index (χ2n) is 4.96. The van der Waals surface area contributed by atoms with Gasteiger partial charge in [0.15, 0.2) is 0 Å². The number of esters is 1. The van der Waals surface area contributed by atoms with Gasteiger partial charge in [-0.15, -0.1) is 0 Å². The summed E-state index contributed by atoms with van der Waals surface area (Å²) in [6.45, 7) is 2.46. The molecule has 7 nitrogen and oxygen atoms in total. The Balaban J connectivity index is 2.05. The van der Waals surface area contributed by atoms with Gasteiger partial charge in [0.2, 0.25) is 0 Å². The van der Waals surface area contributed by atoms with Crippen molar-refractivity contribution in [2.75, 3.05) is 6.61 Å². The van der Waals surface area contributed by atoms with Crippen LogP contribution in [-0.2, 0) is 16.1 Å². The van der Waals surface area contributed by atoms with E-state index in [1.807, 2.05) is 18.3 Å². The van der Waals surface area contributed by atoms with Crippen molar-refractivity contribution in [1.29, 1.82) is 0 Å². The summed E-state index contributed by atoms with van der Waals surface area (Å²) in [7, 11) is 0. The molecular formula is C16H16N4O3. The second-order valence-corrected chi connectivity index (χ2v) is 4.96. The molecule has 0 spiro atoms. The van der Waals surface area contributed by atoms with E-state index in [0.717, 1.165) is 11.1 Å². The fourth-order valence-electron chi connectivity index (χ4n) is 2.49. The van der Waals surface area contributed by atoms with E-state index in [-0.39, 0.29) is 17.9 Å². The number of nitrogens with one attached hydrogen (secondary N) is 1. The Labute approximate surface area is 132 Å². The van der Waals surface area contributed by atoms with E-state index in [0.29, 0.717) is 24.2 Å². The smallest absolute Gasteiger partial charge is 0.307 e. The van der Waals surface area contributed by atoms with Crippen molar-refractivity contribution in [2.45, 2.75) is 19.9 Å². The van der Waals surface area contributed by atoms with E-state index in [9.17, 15) is 9.59 Å². The van der Waals surface area contributed by atoms with Crippen LogP contribution in [0.2, 0.25) is 0 Å². The monoisotopic (exact) mass is 312 g/mol. The van der Waals surface area contributed by atoms with E-state index >= 15 is 0 Å². The second kappa shape index (κ2) is 6.43. The zero-order valence-corrected chi connectivity index (χ0v) is 12.7. The molecule has 1 N–H and O–H groups in total. The molecule has 3 aromatic rings. The van der Waals surface area contributed by atoms with Gasteiger partial charge in [0, 0.05) is 36.3 Å². The molecule has 0 saturated carbocycles. The fraction of sp³-hybridized carbons (Fsp3) is 0.250. The number of fused-ring (bicyclic) bond motifs is 1. The lowest BCUT2D eigenvalue weighted by atomic mass is 10.1. The Morgan fingerprint density at radius 2 is 2.30 bits per heavy atom. The predicted octanol–water partition coefficient (Wildman–Crippen LogP) is 1.74. The molecule has 0 saturated heterocycles. The molecule has 7 heteroatoms. The van der Waals surface area contributed by atoms with Gasteiger partial charge < -0.3 is 14.3 Å². The average Bonchev–Trinajstić information content (AvgIpc) is 2.94. The minimum atomic E-state index is -0.294. The molecule has 0 fully saturated rings. The van der Waals surface area contributed by atoms with E-state index < -0.39 is 0 Å². The van der Waals surface area contributed by atoms with E-state index in [1.165, 1.54) is 6.33 Å². The van der Waals surface area contributed by atoms with Crippen LogP contribution in [0.1, 0.15) is 13.3 Å². The third kappa shape index (κ3) is 2.98. The van der Waals surface area contributed by atoms with Crippen molar-refractivity contribution in [2.24, 2.45) is 0 Å². The first kappa shape index (κ1) is 15.0. The molecule has 0 aliphatic heterocycles. The first-order valence-electron chi connectivity index (χ1n) is 7.33. The minimum absolute atomic E-state index is 0.193. The van der Waals surface area contributed by atoms with Crippen LogP contribution in [0.15, 0.2) is 41.8 Å². The number of pyridine rings is 1. The van der Waals surface area contributed by atoms with Crippen molar-refractivity contribution >= 4 is 17.0 Å². The van der Waals surface area contributed by atoms with Crippen LogP contribution < -0.4 is 5.56 Å². The van der Waals surface area contributed by atoms with Crippen molar-refractivity contribution in [1.82, 2.24) is 19.5 Å². The van der Waals surface area contributed by atoms with Crippen molar-refractivity contribution in [3.63, 3.8) is 0 Å². The van der Waals surface area contributed by atoms with Gasteiger partial charge in [0.1, 0.15) is 11.0 Å². The molecule has 3 aromatic heterocycles. The number of hydrogen-bond donors (Lipinski definition) is 1. The molecule has 3 heterocycles. The third-order valence-corrected chi connectivity index (χ3v) is 3.49. The molecule has 0 bridgehead atoms. The van der Waals surface area contributed by atoms with Crippen LogP contribution in [-0.4, -0.2) is 32.1 Å². The minimum Gasteiger partial charge on any atom is -0.466 e. The first-order chi connectivity index (χ1) is 11.2. The van der Waals surface area contributed by atoms with Crippen molar-refractivity contribution in [3.05, 3.63) is 47.4 Å². The average molecular weight is 312 g/mol. The van der Waals surface area contributed by atoms with Gasteiger partial charge in [-0.2, -0.15) is 0 Å². The summed E-state index contributed by atoms with van der Waals surface area (Å²) in [5.74, 6) is -0.294. The van der Waals surface area contributed by atoms with Gasteiger partial charge in [0.05, 0.1) is 19.4 Å². The summed E-state index contributed by atoms with van der Waals surface area (Å²) in [5.41, 5.74) is 2.46. The number of ether oxygens (including phenoxy) is 1. The van der Waals surface area contributed by atoms with Gasteiger partial charge in [-0.1, -0.05) is 6.07 Å². The lowest BCUT2D eigenvalue weighted by molar-refractivity contribution is -0.143. The predicted molar refractivity (Wildman–Crippen MR) is 84.8 cm³/mol. The molecule has 23 heavy (non-hydrogen) atoms. The SMILES string of the molecule is CCOC(=O)CCn1cc(-c2cccnc2)c2nc[nH]c(=O)c21. The van der Waals surface area contributed by atoms with Crippen molar-refractivity contribution in [3.8, 4) is 11.1 Å². The van der Waals surface area contributed by atoms with Gasteiger partial charge in [-0.3, -0.25) is 14.6 Å². The number of aryl methyl sites for hydroxylation is 1. The Morgan fingerprint density at radius 1 is 1.43 bits per heavy atom. The summed E-state index contributed by atoms with van der Waals surface area (Å²) >= 11 is 0. The first-order valence-corrected chi connectivity index (χ1v) is 7.33. The van der Waals surface area contributed by atoms with Crippen LogP contribution in [0.4, 0.5) is 0 Å². The summed E-state index contributed by atoms with van der Waals surface area (Å²) < 4.78 is 6.67. The van der Waals surface area contributed by atoms with Gasteiger partial charge >= 0.3 is 5.97 Å². The number of carbonyl (C=O) groups is 1. The molecule has 0 radical (unpaired) electrons. The number of rotatable bonds is 5. The summed E-state index contributed by atoms with van der Waals surface area (Å²) in [6, 6.07) is 3.73. The summed E-state index contributed by atoms with van der Waals surface area (Å²) in [5, 5.41) is 0. The number of hydrogen-bond acceptors (Lipinski definition) is 5. The number of aromatic amines is 1. The Morgan fingerprint density at radius 3 is 3.04 bits per heavy atom. The van der Waals surface area contributed by atoms with Crippen molar-refractivity contribution < 1.29 is 9.53 Å². The Bertz CT molecular complexity index is 883. The maximum absolute atomic E-state index is 12.2. The highest BCUT2D eigenvalue weighted by Crippen LogP contribution is 2.26. The van der Waals surface area contributed by atoms with Crippen LogP contribution in [0.25, 0.3) is 22.2 Å². The zero-order valence-electron chi connectivity index (χ0n) is 12.7. The number of carbonyl (C=O) groups excluding carboxylic acids is 1. The topological polar surface area (TPSA) is 89.9 Å². The van der Waals surface area contributed by atoms with E-state index in [2.05, 4.69) is 15.0 Å². The largest absolute Gasteiger partial charge is 0.466 e. The van der Waals surface area contributed by atoms with Gasteiger partial charge in [0.25, 0.3) is 5.56 Å². The van der Waals surface area contributed by atoms with E-state index in [4.69, 9.17) is 4.74 Å². The molecule has 3 rings (SSSR count). The molecule has 0 unspecified atom stereocenters. The normalized spacial score (nSPS) is 10.8. The third-order valence-electron chi connectivity index (χ3n) is 3.49. The van der Waals surface area contributed by atoms with Crippen LogP contribution in [0.5, 0.6) is 0 Å². The summed E-state index contributed by atoms with van der Waals surface area (Å²) in [4.78, 5) is 34.7. The highest BCUT2D eigenvalue weighted by Gasteiger charge is 2.15. The number of H-pyrrole nitrogens is 1. The maximum Gasteiger partial charge on any atom is 0.307 e. The van der Waals surface area contributed by atoms with Crippen LogP contribution >= 0.6 is 0 Å². The standard InChI is InChI=1S/C16H16N4O3/c1-2-23-13(21)5-7-20-9-12(11-4-3-6-17-8-11)14-15(20)16(22)19-10-18-14/h3-4,6,8-10H,2,5,7H2,1H3,(H,18,19,22).